The number of carboxylic acid groups (broad SMARTS) is 1. The second-order valence-corrected chi connectivity index (χ2v) is 2.75. The highest BCUT2D eigenvalue weighted by Gasteiger charge is 1.92. The molecular weight excluding hydrogens is 312 g/mol. The summed E-state index contributed by atoms with van der Waals surface area (Å²) in [6.45, 7) is 3.06. The molecule has 0 heterocycles. The number of nitrogens with zero attached hydrogens (tertiary/aromatic N) is 1. The van der Waals surface area contributed by atoms with Crippen molar-refractivity contribution in [2.75, 3.05) is 13.2 Å². The molecule has 0 unspecified atom stereocenters. The number of carbonyl (C=O) groups is 3. The first kappa shape index (κ1) is 31.8. The fraction of sp³-hybridized carbons (Fsp3) is 0.231. The van der Waals surface area contributed by atoms with Crippen LogP contribution in [-0.2, 0) is 22.2 Å². The molecule has 0 saturated carbocycles. The predicted octanol–water partition coefficient (Wildman–Crippen LogP) is 0.767. The first-order valence-electron chi connectivity index (χ1n) is 5.21. The number of quaternary nitrogens is 1. The van der Waals surface area contributed by atoms with Gasteiger partial charge in [-0.2, -0.15) is 0 Å². The van der Waals surface area contributed by atoms with Gasteiger partial charge in [0.1, 0.15) is 6.79 Å². The third-order valence-corrected chi connectivity index (χ3v) is 1.28. The van der Waals surface area contributed by atoms with Crippen LogP contribution in [0.4, 0.5) is 0 Å². The van der Waals surface area contributed by atoms with Crippen molar-refractivity contribution < 1.29 is 29.7 Å². The Morgan fingerprint density at radius 3 is 1.68 bits per heavy atom. The van der Waals surface area contributed by atoms with Crippen molar-refractivity contribution in [3.63, 3.8) is 0 Å². The summed E-state index contributed by atoms with van der Waals surface area (Å²) in [5.41, 5.74) is 0.775. The van der Waals surface area contributed by atoms with Gasteiger partial charge in [0, 0.05) is 5.56 Å². The molecule has 0 atom stereocenters. The van der Waals surface area contributed by atoms with E-state index in [4.69, 9.17) is 30.2 Å². The molecule has 0 spiro atoms. The summed E-state index contributed by atoms with van der Waals surface area (Å²) < 4.78 is 0. The Hall–Kier alpha value is -2.38. The number of rotatable bonds is 2. The summed E-state index contributed by atoms with van der Waals surface area (Å²) in [4.78, 5) is 27.0. The van der Waals surface area contributed by atoms with Crippen LogP contribution in [0.5, 0.6) is 0 Å². The average Bonchev–Trinajstić information content (AvgIpc) is 2.52. The van der Waals surface area contributed by atoms with E-state index >= 15 is 0 Å². The minimum Gasteiger partial charge on any atom is -0.696 e. The van der Waals surface area contributed by atoms with Crippen LogP contribution in [-0.4, -0.2) is 47.6 Å². The molecule has 0 aliphatic heterocycles. The Balaban J connectivity index is -0.0000000634. The molecule has 0 aromatic heterocycles. The zero-order valence-corrected chi connectivity index (χ0v) is 13.3. The maximum atomic E-state index is 10.6. The minimum absolute atomic E-state index is 0. The fourth-order valence-electron chi connectivity index (χ4n) is 0.673. The number of thiocyanates is 1. The molecule has 1 rings (SSSR count). The Labute approximate surface area is 135 Å². The number of carbonyl (C=O) groups excluding carboxylic acids is 2. The normalized spacial score (nSPS) is 6.09. The third-order valence-electron chi connectivity index (χ3n) is 1.28. The lowest BCUT2D eigenvalue weighted by Crippen LogP contribution is -1.88. The SMILES string of the molecule is C=O.CC(=O)c1ccccc1.N#C[S-].O=CO.OCCO.[NH4+]. The maximum Gasteiger partial charge on any atom is 0.290 e. The monoisotopic (exact) mass is 334 g/mol. The smallest absolute Gasteiger partial charge is 0.290 e. The van der Waals surface area contributed by atoms with Gasteiger partial charge < -0.3 is 38.9 Å². The lowest BCUT2D eigenvalue weighted by molar-refractivity contribution is -0.122. The summed E-state index contributed by atoms with van der Waals surface area (Å²) in [7, 11) is 0. The number of aliphatic hydroxyl groups is 2. The zero-order chi connectivity index (χ0) is 17.5. The van der Waals surface area contributed by atoms with Crippen LogP contribution >= 0.6 is 0 Å². The van der Waals surface area contributed by atoms with E-state index < -0.39 is 0 Å². The topological polar surface area (TPSA) is 172 Å². The van der Waals surface area contributed by atoms with Gasteiger partial charge in [-0.05, 0) is 6.92 Å². The zero-order valence-electron chi connectivity index (χ0n) is 12.5. The van der Waals surface area contributed by atoms with Crippen LogP contribution in [0.2, 0.25) is 0 Å². The molecule has 0 aliphatic rings. The van der Waals surface area contributed by atoms with Crippen molar-refractivity contribution in [3.05, 3.63) is 35.9 Å². The Morgan fingerprint density at radius 2 is 1.55 bits per heavy atom. The molecule has 22 heavy (non-hydrogen) atoms. The molecule has 0 saturated heterocycles. The number of hydrogen-bond donors (Lipinski definition) is 4. The van der Waals surface area contributed by atoms with Crippen LogP contribution in [0, 0.1) is 10.7 Å². The number of hydrogen-bond acceptors (Lipinski definition) is 7. The van der Waals surface area contributed by atoms with Gasteiger partial charge in [0.15, 0.2) is 5.78 Å². The van der Waals surface area contributed by atoms with Crippen molar-refractivity contribution >= 4 is 31.7 Å². The molecule has 0 radical (unpaired) electrons. The minimum atomic E-state index is -0.250. The largest absolute Gasteiger partial charge is 0.696 e. The highest BCUT2D eigenvalue weighted by atomic mass is 32.1. The summed E-state index contributed by atoms with van der Waals surface area (Å²) in [5, 5.41) is 30.6. The number of nitriles is 1. The van der Waals surface area contributed by atoms with E-state index in [1.54, 1.807) is 6.92 Å². The molecule has 7 N–H and O–H groups in total. The molecule has 1 aromatic carbocycles. The van der Waals surface area contributed by atoms with Gasteiger partial charge in [-0.1, -0.05) is 35.7 Å². The van der Waals surface area contributed by atoms with E-state index in [0.717, 1.165) is 5.56 Å². The Morgan fingerprint density at radius 1 is 1.27 bits per heavy atom. The van der Waals surface area contributed by atoms with Gasteiger partial charge in [-0.15, -0.1) is 0 Å². The van der Waals surface area contributed by atoms with Crippen LogP contribution in [0.25, 0.3) is 0 Å². The summed E-state index contributed by atoms with van der Waals surface area (Å²) in [6, 6.07) is 9.23. The molecule has 0 bridgehead atoms. The van der Waals surface area contributed by atoms with E-state index in [1.165, 1.54) is 5.40 Å². The van der Waals surface area contributed by atoms with Gasteiger partial charge >= 0.3 is 0 Å². The summed E-state index contributed by atoms with van der Waals surface area (Å²) in [6.07, 6.45) is 0. The van der Waals surface area contributed by atoms with Gasteiger partial charge in [0.05, 0.1) is 13.2 Å². The summed E-state index contributed by atoms with van der Waals surface area (Å²) in [5.74, 6) is 0.121. The Bertz CT molecular complexity index is 369. The fourth-order valence-corrected chi connectivity index (χ4v) is 0.673. The lowest BCUT2D eigenvalue weighted by Gasteiger charge is -1.89. The molecule has 0 amide bonds. The van der Waals surface area contributed by atoms with Crippen molar-refractivity contribution in [2.24, 2.45) is 0 Å². The van der Waals surface area contributed by atoms with Gasteiger partial charge in [0.25, 0.3) is 6.47 Å². The van der Waals surface area contributed by atoms with E-state index in [9.17, 15) is 4.79 Å². The van der Waals surface area contributed by atoms with Crippen LogP contribution < -0.4 is 6.15 Å². The second kappa shape index (κ2) is 36.3. The van der Waals surface area contributed by atoms with E-state index in [2.05, 4.69) is 12.6 Å². The van der Waals surface area contributed by atoms with E-state index in [0.29, 0.717) is 0 Å². The van der Waals surface area contributed by atoms with Gasteiger partial charge in [0.2, 0.25) is 0 Å². The van der Waals surface area contributed by atoms with E-state index in [-0.39, 0.29) is 31.6 Å². The Kier molecular flexibility index (Phi) is 52.5. The van der Waals surface area contributed by atoms with Gasteiger partial charge in [-0.25, -0.2) is 5.26 Å². The molecular formula is C13H22N2O6S. The van der Waals surface area contributed by atoms with Crippen molar-refractivity contribution in [3.8, 4) is 5.40 Å². The predicted molar refractivity (Wildman–Crippen MR) is 85.4 cm³/mol. The first-order valence-corrected chi connectivity index (χ1v) is 5.62. The second-order valence-electron chi connectivity index (χ2n) is 2.57. The summed E-state index contributed by atoms with van der Waals surface area (Å²) >= 11 is 3.70. The quantitative estimate of drug-likeness (QED) is 0.265. The molecule has 0 fully saturated rings. The third kappa shape index (κ3) is 43.2. The van der Waals surface area contributed by atoms with Crippen LogP contribution in [0.3, 0.4) is 0 Å². The van der Waals surface area contributed by atoms with Crippen molar-refractivity contribution in [1.29, 1.82) is 5.26 Å². The van der Waals surface area contributed by atoms with Crippen LogP contribution in [0.1, 0.15) is 17.3 Å². The maximum absolute atomic E-state index is 10.6. The molecule has 126 valence electrons. The number of benzene rings is 1. The highest BCUT2D eigenvalue weighted by molar-refractivity contribution is 7.64. The molecule has 8 nitrogen and oxygen atoms in total. The van der Waals surface area contributed by atoms with Crippen molar-refractivity contribution in [1.82, 2.24) is 6.15 Å². The molecule has 1 aromatic rings. The highest BCUT2D eigenvalue weighted by Crippen LogP contribution is 1.97. The number of Topliss-reactive ketones (excluding diaryl/α,β-unsaturated/α-hetero) is 1. The van der Waals surface area contributed by atoms with Crippen molar-refractivity contribution in [2.45, 2.75) is 6.92 Å². The average molecular weight is 334 g/mol. The molecule has 0 aliphatic carbocycles. The number of aliphatic hydroxyl groups excluding tert-OH is 2. The van der Waals surface area contributed by atoms with E-state index in [1.807, 2.05) is 37.1 Å². The first-order chi connectivity index (χ1) is 10.0. The van der Waals surface area contributed by atoms with Crippen LogP contribution in [0.15, 0.2) is 30.3 Å². The number of ketones is 1. The van der Waals surface area contributed by atoms with Gasteiger partial charge in [-0.3, -0.25) is 9.59 Å². The standard InChI is InChI=1S/C8H8O.C2H6O2.CHNS.CH2O2.CH2O.H3N/c1-7(9)8-5-3-2-4-6-8;3-1-2-4;2*2-1-3;1-2;/h2-6H,1H3;3-4H,1-2H2;3H;1H,(H,2,3);1H2;1H3. The molecule has 9 heteroatoms. The lowest BCUT2D eigenvalue weighted by atomic mass is 10.2.